The third-order valence-corrected chi connectivity index (χ3v) is 5.99. The molecular formula is C28H27N5O3. The fourth-order valence-electron chi connectivity index (χ4n) is 4.33. The van der Waals surface area contributed by atoms with Crippen LogP contribution in [0.5, 0.6) is 11.5 Å². The van der Waals surface area contributed by atoms with E-state index in [1.54, 1.807) is 11.8 Å². The van der Waals surface area contributed by atoms with E-state index in [4.69, 9.17) is 19.6 Å². The summed E-state index contributed by atoms with van der Waals surface area (Å²) in [5.41, 5.74) is 3.58. The predicted molar refractivity (Wildman–Crippen MR) is 139 cm³/mol. The Morgan fingerprint density at radius 3 is 2.47 bits per heavy atom. The van der Waals surface area contributed by atoms with E-state index in [0.29, 0.717) is 41.1 Å². The van der Waals surface area contributed by atoms with Gasteiger partial charge in [0.1, 0.15) is 17.5 Å². The maximum atomic E-state index is 13.6. The Bertz CT molecular complexity index is 1410. The molecule has 3 aromatic carbocycles. The highest BCUT2D eigenvalue weighted by atomic mass is 16.5. The number of ether oxygens (including phenoxy) is 2. The van der Waals surface area contributed by atoms with E-state index in [9.17, 15) is 4.79 Å². The smallest absolute Gasteiger partial charge is 0.255 e. The number of hydrogen-bond acceptors (Lipinski definition) is 6. The second kappa shape index (κ2) is 9.95. The van der Waals surface area contributed by atoms with Gasteiger partial charge in [-0.25, -0.2) is 4.68 Å². The summed E-state index contributed by atoms with van der Waals surface area (Å²) in [6.45, 7) is 4.42. The van der Waals surface area contributed by atoms with Crippen molar-refractivity contribution in [2.24, 2.45) is 0 Å². The molecule has 0 saturated heterocycles. The summed E-state index contributed by atoms with van der Waals surface area (Å²) in [6, 6.07) is 24.1. The number of amides is 1. The van der Waals surface area contributed by atoms with Crippen molar-refractivity contribution < 1.29 is 14.3 Å². The van der Waals surface area contributed by atoms with Gasteiger partial charge in [-0.2, -0.15) is 4.98 Å². The molecule has 1 aliphatic heterocycles. The molecule has 182 valence electrons. The average molecular weight is 482 g/mol. The molecule has 0 spiro atoms. The Hall–Kier alpha value is -4.59. The molecule has 5 rings (SSSR count). The number of fused-ring (bicyclic) bond motifs is 1. The van der Waals surface area contributed by atoms with Gasteiger partial charge < -0.3 is 20.1 Å². The third-order valence-electron chi connectivity index (χ3n) is 5.99. The van der Waals surface area contributed by atoms with Gasteiger partial charge in [-0.1, -0.05) is 36.4 Å². The second-order valence-electron chi connectivity index (χ2n) is 8.29. The highest BCUT2D eigenvalue weighted by Gasteiger charge is 2.36. The van der Waals surface area contributed by atoms with E-state index >= 15 is 0 Å². The first kappa shape index (κ1) is 23.2. The van der Waals surface area contributed by atoms with Gasteiger partial charge in [0.25, 0.3) is 5.91 Å². The molecule has 36 heavy (non-hydrogen) atoms. The molecule has 1 aromatic heterocycles. The Morgan fingerprint density at radius 1 is 1.03 bits per heavy atom. The van der Waals surface area contributed by atoms with Crippen LogP contribution in [-0.2, 0) is 4.79 Å². The van der Waals surface area contributed by atoms with Crippen LogP contribution in [0.15, 0.2) is 90.1 Å². The molecule has 0 aliphatic carbocycles. The predicted octanol–water partition coefficient (Wildman–Crippen LogP) is 5.28. The number of benzene rings is 3. The van der Waals surface area contributed by atoms with Crippen LogP contribution >= 0.6 is 0 Å². The Labute approximate surface area is 209 Å². The van der Waals surface area contributed by atoms with Gasteiger partial charge >= 0.3 is 0 Å². The normalized spacial score (nSPS) is 14.6. The molecule has 0 bridgehead atoms. The van der Waals surface area contributed by atoms with Crippen LogP contribution in [0.1, 0.15) is 25.5 Å². The fourth-order valence-corrected chi connectivity index (χ4v) is 4.33. The summed E-state index contributed by atoms with van der Waals surface area (Å²) < 4.78 is 13.0. The number of allylic oxidation sites excluding steroid dienone is 1. The van der Waals surface area contributed by atoms with Crippen molar-refractivity contribution in [3.8, 4) is 22.9 Å². The maximum absolute atomic E-state index is 13.6. The Morgan fingerprint density at radius 2 is 1.75 bits per heavy atom. The highest BCUT2D eigenvalue weighted by molar-refractivity contribution is 6.06. The molecular weight excluding hydrogens is 454 g/mol. The molecule has 1 aliphatic rings. The number of nitrogens with one attached hydrogen (secondary N) is 2. The zero-order valence-corrected chi connectivity index (χ0v) is 20.4. The van der Waals surface area contributed by atoms with Crippen LogP contribution in [-0.4, -0.2) is 34.4 Å². The van der Waals surface area contributed by atoms with Crippen LogP contribution in [0, 0.1) is 0 Å². The molecule has 1 atom stereocenters. The van der Waals surface area contributed by atoms with E-state index < -0.39 is 6.04 Å². The summed E-state index contributed by atoms with van der Waals surface area (Å²) in [6.07, 6.45) is 0. The number of carbonyl (C=O) groups is 1. The largest absolute Gasteiger partial charge is 0.496 e. The third kappa shape index (κ3) is 4.40. The minimum atomic E-state index is -0.551. The SMILES string of the molecule is CCOc1ccc(-c2nc3n(n2)C(c2ccccc2OC)C(C(=O)Nc2ccccc2)=C(C)N3)cc1. The summed E-state index contributed by atoms with van der Waals surface area (Å²) >= 11 is 0. The number of nitrogens with zero attached hydrogens (tertiary/aromatic N) is 3. The van der Waals surface area contributed by atoms with E-state index in [0.717, 1.165) is 16.9 Å². The number of hydrogen-bond donors (Lipinski definition) is 2. The molecule has 0 fully saturated rings. The molecule has 8 nitrogen and oxygen atoms in total. The fraction of sp³-hybridized carbons (Fsp3) is 0.179. The number of rotatable bonds is 7. The zero-order valence-electron chi connectivity index (χ0n) is 20.4. The van der Waals surface area contributed by atoms with Crippen molar-refractivity contribution in [3.63, 3.8) is 0 Å². The molecule has 2 N–H and O–H groups in total. The van der Waals surface area contributed by atoms with Gasteiger partial charge in [-0.15, -0.1) is 5.10 Å². The monoisotopic (exact) mass is 481 g/mol. The number of methoxy groups -OCH3 is 1. The number of aromatic nitrogens is 3. The topological polar surface area (TPSA) is 90.3 Å². The van der Waals surface area contributed by atoms with Crippen molar-refractivity contribution in [3.05, 3.63) is 95.7 Å². The lowest BCUT2D eigenvalue weighted by Gasteiger charge is -2.29. The summed E-state index contributed by atoms with van der Waals surface area (Å²) in [7, 11) is 1.62. The van der Waals surface area contributed by atoms with Crippen molar-refractivity contribution >= 4 is 17.5 Å². The van der Waals surface area contributed by atoms with Gasteiger partial charge in [-0.05, 0) is 56.3 Å². The van der Waals surface area contributed by atoms with E-state index in [1.165, 1.54) is 0 Å². The molecule has 0 radical (unpaired) electrons. The molecule has 2 heterocycles. The Balaban J connectivity index is 1.59. The lowest BCUT2D eigenvalue weighted by molar-refractivity contribution is -0.113. The van der Waals surface area contributed by atoms with Gasteiger partial charge in [0, 0.05) is 22.5 Å². The lowest BCUT2D eigenvalue weighted by Crippen LogP contribution is -2.31. The van der Waals surface area contributed by atoms with E-state index in [-0.39, 0.29) is 5.91 Å². The van der Waals surface area contributed by atoms with Crippen LogP contribution in [0.2, 0.25) is 0 Å². The highest BCUT2D eigenvalue weighted by Crippen LogP contribution is 2.40. The molecule has 1 unspecified atom stereocenters. The Kier molecular flexibility index (Phi) is 6.40. The van der Waals surface area contributed by atoms with Crippen molar-refractivity contribution in [1.29, 1.82) is 0 Å². The summed E-state index contributed by atoms with van der Waals surface area (Å²) in [5.74, 6) is 2.30. The standard InChI is InChI=1S/C28H27N5O3/c1-4-36-21-16-14-19(15-17-21)26-31-28-29-18(2)24(27(34)30-20-10-6-5-7-11-20)25(33(28)32-26)22-12-8-9-13-23(22)35-3/h5-17,25H,4H2,1-3H3,(H,30,34)(H,29,31,32). The van der Waals surface area contributed by atoms with Crippen molar-refractivity contribution in [1.82, 2.24) is 14.8 Å². The van der Waals surface area contributed by atoms with Gasteiger partial charge in [0.15, 0.2) is 5.82 Å². The van der Waals surface area contributed by atoms with Gasteiger partial charge in [0.2, 0.25) is 5.95 Å². The van der Waals surface area contributed by atoms with Crippen molar-refractivity contribution in [2.75, 3.05) is 24.4 Å². The number of anilines is 2. The van der Waals surface area contributed by atoms with Crippen LogP contribution in [0.25, 0.3) is 11.4 Å². The average Bonchev–Trinajstić information content (AvgIpc) is 3.32. The first-order valence-electron chi connectivity index (χ1n) is 11.8. The van der Waals surface area contributed by atoms with Crippen LogP contribution in [0.4, 0.5) is 11.6 Å². The first-order chi connectivity index (χ1) is 17.6. The summed E-state index contributed by atoms with van der Waals surface area (Å²) in [5, 5.41) is 11.1. The molecule has 8 heteroatoms. The summed E-state index contributed by atoms with van der Waals surface area (Å²) in [4.78, 5) is 18.4. The van der Waals surface area contributed by atoms with E-state index in [1.807, 2.05) is 92.7 Å². The lowest BCUT2D eigenvalue weighted by atomic mass is 9.94. The van der Waals surface area contributed by atoms with Crippen LogP contribution in [0.3, 0.4) is 0 Å². The van der Waals surface area contributed by atoms with E-state index in [2.05, 4.69) is 10.6 Å². The number of carbonyl (C=O) groups excluding carboxylic acids is 1. The maximum Gasteiger partial charge on any atom is 0.255 e. The molecule has 1 amide bonds. The first-order valence-corrected chi connectivity index (χ1v) is 11.8. The number of para-hydroxylation sites is 2. The van der Waals surface area contributed by atoms with Gasteiger partial charge in [0.05, 0.1) is 19.3 Å². The minimum Gasteiger partial charge on any atom is -0.496 e. The van der Waals surface area contributed by atoms with Crippen LogP contribution < -0.4 is 20.1 Å². The minimum absolute atomic E-state index is 0.231. The quantitative estimate of drug-likeness (QED) is 0.373. The second-order valence-corrected chi connectivity index (χ2v) is 8.29. The van der Waals surface area contributed by atoms with Crippen molar-refractivity contribution in [2.45, 2.75) is 19.9 Å². The molecule has 0 saturated carbocycles. The zero-order chi connectivity index (χ0) is 25.1. The molecule has 4 aromatic rings. The van der Waals surface area contributed by atoms with Gasteiger partial charge in [-0.3, -0.25) is 4.79 Å².